The maximum absolute atomic E-state index is 13.4. The van der Waals surface area contributed by atoms with Gasteiger partial charge in [0, 0.05) is 12.0 Å². The summed E-state index contributed by atoms with van der Waals surface area (Å²) in [6.07, 6.45) is 4.32. The van der Waals surface area contributed by atoms with Crippen LogP contribution in [-0.2, 0) is 6.42 Å². The van der Waals surface area contributed by atoms with E-state index in [1.54, 1.807) is 6.26 Å². The first-order valence-corrected chi connectivity index (χ1v) is 6.89. The summed E-state index contributed by atoms with van der Waals surface area (Å²) in [5, 5.41) is 2.93. The Bertz CT molecular complexity index is 665. The molecule has 0 fully saturated rings. The highest BCUT2D eigenvalue weighted by atomic mass is 19.1. The van der Waals surface area contributed by atoms with Gasteiger partial charge in [-0.15, -0.1) is 0 Å². The van der Waals surface area contributed by atoms with Crippen molar-refractivity contribution in [2.45, 2.75) is 25.3 Å². The molecule has 110 valence electrons. The Morgan fingerprint density at radius 1 is 1.43 bits per heavy atom. The number of furan rings is 1. The predicted octanol–water partition coefficient (Wildman–Crippen LogP) is 3.23. The SMILES string of the molecule is COc1ccc(F)cc1C(=O)NC1CCCc2occc21. The topological polar surface area (TPSA) is 51.5 Å². The van der Waals surface area contributed by atoms with E-state index in [4.69, 9.17) is 9.15 Å². The largest absolute Gasteiger partial charge is 0.496 e. The Hall–Kier alpha value is -2.30. The van der Waals surface area contributed by atoms with Crippen LogP contribution in [0.3, 0.4) is 0 Å². The summed E-state index contributed by atoms with van der Waals surface area (Å²) >= 11 is 0. The molecular formula is C16H16FNO3. The number of nitrogens with one attached hydrogen (secondary N) is 1. The molecule has 3 rings (SSSR count). The molecule has 1 aliphatic rings. The van der Waals surface area contributed by atoms with Gasteiger partial charge in [-0.2, -0.15) is 0 Å². The minimum Gasteiger partial charge on any atom is -0.496 e. The second-order valence-electron chi connectivity index (χ2n) is 5.06. The van der Waals surface area contributed by atoms with E-state index in [1.807, 2.05) is 6.07 Å². The molecule has 1 aromatic carbocycles. The van der Waals surface area contributed by atoms with Crippen molar-refractivity contribution in [1.29, 1.82) is 0 Å². The van der Waals surface area contributed by atoms with Crippen molar-refractivity contribution in [3.05, 3.63) is 53.2 Å². The third-order valence-electron chi connectivity index (χ3n) is 3.76. The van der Waals surface area contributed by atoms with E-state index < -0.39 is 5.82 Å². The molecule has 1 unspecified atom stereocenters. The maximum atomic E-state index is 13.4. The summed E-state index contributed by atoms with van der Waals surface area (Å²) < 4.78 is 23.9. The third-order valence-corrected chi connectivity index (χ3v) is 3.76. The molecule has 1 aromatic heterocycles. The highest BCUT2D eigenvalue weighted by Gasteiger charge is 2.25. The van der Waals surface area contributed by atoms with Crippen molar-refractivity contribution >= 4 is 5.91 Å². The van der Waals surface area contributed by atoms with Crippen molar-refractivity contribution in [3.63, 3.8) is 0 Å². The number of ether oxygens (including phenoxy) is 1. The Labute approximate surface area is 121 Å². The van der Waals surface area contributed by atoms with Gasteiger partial charge in [-0.3, -0.25) is 4.79 Å². The first-order chi connectivity index (χ1) is 10.2. The minimum absolute atomic E-state index is 0.104. The maximum Gasteiger partial charge on any atom is 0.255 e. The fourth-order valence-corrected chi connectivity index (χ4v) is 2.73. The van der Waals surface area contributed by atoms with Crippen molar-refractivity contribution in [1.82, 2.24) is 5.32 Å². The normalized spacial score (nSPS) is 17.1. The molecule has 0 saturated heterocycles. The lowest BCUT2D eigenvalue weighted by Gasteiger charge is -2.23. The molecule has 0 radical (unpaired) electrons. The third kappa shape index (κ3) is 2.63. The molecule has 21 heavy (non-hydrogen) atoms. The number of methoxy groups -OCH3 is 1. The Kier molecular flexibility index (Phi) is 3.64. The number of rotatable bonds is 3. The van der Waals surface area contributed by atoms with Gasteiger partial charge in [0.15, 0.2) is 0 Å². The number of hydrogen-bond donors (Lipinski definition) is 1. The van der Waals surface area contributed by atoms with Gasteiger partial charge < -0.3 is 14.5 Å². The highest BCUT2D eigenvalue weighted by molar-refractivity contribution is 5.97. The number of aryl methyl sites for hydroxylation is 1. The fourth-order valence-electron chi connectivity index (χ4n) is 2.73. The van der Waals surface area contributed by atoms with Crippen LogP contribution < -0.4 is 10.1 Å². The second kappa shape index (κ2) is 5.60. The Morgan fingerprint density at radius 3 is 3.10 bits per heavy atom. The fraction of sp³-hybridized carbons (Fsp3) is 0.312. The zero-order chi connectivity index (χ0) is 14.8. The average Bonchev–Trinajstić information content (AvgIpc) is 2.96. The standard InChI is InChI=1S/C16H16FNO3/c1-20-14-6-5-10(17)9-12(14)16(19)18-13-3-2-4-15-11(13)7-8-21-15/h5-9,13H,2-4H2,1H3,(H,18,19). The van der Waals surface area contributed by atoms with Crippen LogP contribution in [0.4, 0.5) is 4.39 Å². The lowest BCUT2D eigenvalue weighted by atomic mass is 9.93. The highest BCUT2D eigenvalue weighted by Crippen LogP contribution is 2.31. The van der Waals surface area contributed by atoms with E-state index in [9.17, 15) is 9.18 Å². The van der Waals surface area contributed by atoms with E-state index >= 15 is 0 Å². The predicted molar refractivity (Wildman–Crippen MR) is 74.8 cm³/mol. The molecule has 0 aliphatic heterocycles. The van der Waals surface area contributed by atoms with Crippen LogP contribution in [0.25, 0.3) is 0 Å². The first-order valence-electron chi connectivity index (χ1n) is 6.89. The molecule has 1 amide bonds. The smallest absolute Gasteiger partial charge is 0.255 e. The van der Waals surface area contributed by atoms with Gasteiger partial charge >= 0.3 is 0 Å². The van der Waals surface area contributed by atoms with Gasteiger partial charge in [0.05, 0.1) is 25.0 Å². The van der Waals surface area contributed by atoms with Crippen molar-refractivity contribution < 1.29 is 18.3 Å². The van der Waals surface area contributed by atoms with Crippen LogP contribution in [0.2, 0.25) is 0 Å². The summed E-state index contributed by atoms with van der Waals surface area (Å²) in [6, 6.07) is 5.68. The van der Waals surface area contributed by atoms with Gasteiger partial charge in [0.2, 0.25) is 0 Å². The molecule has 1 heterocycles. The monoisotopic (exact) mass is 289 g/mol. The van der Waals surface area contributed by atoms with Crippen molar-refractivity contribution in [2.24, 2.45) is 0 Å². The first kappa shape index (κ1) is 13.7. The van der Waals surface area contributed by atoms with E-state index in [-0.39, 0.29) is 17.5 Å². The molecule has 4 nitrogen and oxygen atoms in total. The zero-order valence-electron chi connectivity index (χ0n) is 11.7. The summed E-state index contributed by atoms with van der Waals surface area (Å²) in [5.41, 5.74) is 1.21. The van der Waals surface area contributed by atoms with Crippen LogP contribution in [0.5, 0.6) is 5.75 Å². The molecule has 1 N–H and O–H groups in total. The number of benzene rings is 1. The molecule has 0 spiro atoms. The lowest BCUT2D eigenvalue weighted by Crippen LogP contribution is -2.30. The number of carbonyl (C=O) groups excluding carboxylic acids is 1. The minimum atomic E-state index is -0.464. The van der Waals surface area contributed by atoms with Crippen LogP contribution in [-0.4, -0.2) is 13.0 Å². The van der Waals surface area contributed by atoms with Crippen LogP contribution >= 0.6 is 0 Å². The molecule has 1 atom stereocenters. The number of hydrogen-bond acceptors (Lipinski definition) is 3. The summed E-state index contributed by atoms with van der Waals surface area (Å²) in [7, 11) is 1.46. The lowest BCUT2D eigenvalue weighted by molar-refractivity contribution is 0.0928. The summed E-state index contributed by atoms with van der Waals surface area (Å²) in [4.78, 5) is 12.4. The van der Waals surface area contributed by atoms with Gasteiger partial charge in [0.1, 0.15) is 17.3 Å². The quantitative estimate of drug-likeness (QED) is 0.943. The van der Waals surface area contributed by atoms with E-state index in [2.05, 4.69) is 5.32 Å². The van der Waals surface area contributed by atoms with Gasteiger partial charge in [-0.1, -0.05) is 0 Å². The molecule has 0 bridgehead atoms. The van der Waals surface area contributed by atoms with Crippen molar-refractivity contribution in [3.8, 4) is 5.75 Å². The van der Waals surface area contributed by atoms with E-state index in [0.29, 0.717) is 5.75 Å². The summed E-state index contributed by atoms with van der Waals surface area (Å²) in [6.45, 7) is 0. The molecule has 5 heteroatoms. The number of halogens is 1. The van der Waals surface area contributed by atoms with Gasteiger partial charge in [0.25, 0.3) is 5.91 Å². The van der Waals surface area contributed by atoms with E-state index in [0.717, 1.165) is 30.6 Å². The Balaban J connectivity index is 1.84. The second-order valence-corrected chi connectivity index (χ2v) is 5.06. The van der Waals surface area contributed by atoms with Gasteiger partial charge in [-0.25, -0.2) is 4.39 Å². The molecule has 1 aliphatic carbocycles. The number of amides is 1. The average molecular weight is 289 g/mol. The molecule has 2 aromatic rings. The number of carbonyl (C=O) groups is 1. The van der Waals surface area contributed by atoms with Crippen LogP contribution in [0.15, 0.2) is 34.9 Å². The zero-order valence-corrected chi connectivity index (χ0v) is 11.7. The van der Waals surface area contributed by atoms with Crippen molar-refractivity contribution in [2.75, 3.05) is 7.11 Å². The molecule has 0 saturated carbocycles. The van der Waals surface area contributed by atoms with Crippen LogP contribution in [0, 0.1) is 5.82 Å². The van der Waals surface area contributed by atoms with Gasteiger partial charge in [-0.05, 0) is 37.1 Å². The Morgan fingerprint density at radius 2 is 2.29 bits per heavy atom. The van der Waals surface area contributed by atoms with Crippen LogP contribution in [0.1, 0.15) is 40.6 Å². The number of fused-ring (bicyclic) bond motifs is 1. The van der Waals surface area contributed by atoms with E-state index in [1.165, 1.54) is 25.3 Å². The summed E-state index contributed by atoms with van der Waals surface area (Å²) in [5.74, 6) is 0.467. The molecular weight excluding hydrogens is 273 g/mol.